The van der Waals surface area contributed by atoms with Gasteiger partial charge in [-0.25, -0.2) is 4.79 Å². The van der Waals surface area contributed by atoms with Crippen molar-refractivity contribution in [2.75, 3.05) is 0 Å². The van der Waals surface area contributed by atoms with Crippen LogP contribution in [0.5, 0.6) is 0 Å². The quantitative estimate of drug-likeness (QED) is 0.666. The Balaban J connectivity index is 4.42. The maximum atomic E-state index is 11.7. The summed E-state index contributed by atoms with van der Waals surface area (Å²) < 4.78 is 10.3. The fourth-order valence-corrected chi connectivity index (χ4v) is 1.73. The standard InChI is InChI=1S/C14H28O5/c1-6-8-11(10(3)15)18-13(17)19-14(4,5)12(16)9-7-2/h10-12,15-16H,6-9H2,1-5H3. The van der Waals surface area contributed by atoms with Gasteiger partial charge in [0.15, 0.2) is 0 Å². The largest absolute Gasteiger partial charge is 0.509 e. The summed E-state index contributed by atoms with van der Waals surface area (Å²) in [6.07, 6.45) is -0.173. The number of ether oxygens (including phenoxy) is 2. The highest BCUT2D eigenvalue weighted by molar-refractivity contribution is 5.61. The Morgan fingerprint density at radius 3 is 2.11 bits per heavy atom. The molecule has 19 heavy (non-hydrogen) atoms. The van der Waals surface area contributed by atoms with Crippen LogP contribution in [0.4, 0.5) is 4.79 Å². The molecule has 5 heteroatoms. The van der Waals surface area contributed by atoms with Crippen LogP contribution in [0.2, 0.25) is 0 Å². The lowest BCUT2D eigenvalue weighted by molar-refractivity contribution is -0.104. The summed E-state index contributed by atoms with van der Waals surface area (Å²) in [5.74, 6) is 0. The molecule has 0 amide bonds. The van der Waals surface area contributed by atoms with Gasteiger partial charge in [0.2, 0.25) is 0 Å². The first-order chi connectivity index (χ1) is 8.74. The minimum Gasteiger partial charge on any atom is -0.428 e. The Kier molecular flexibility index (Phi) is 8.02. The van der Waals surface area contributed by atoms with Crippen LogP contribution in [0.25, 0.3) is 0 Å². The second-order valence-electron chi connectivity index (χ2n) is 5.45. The van der Waals surface area contributed by atoms with Crippen LogP contribution in [0.3, 0.4) is 0 Å². The van der Waals surface area contributed by atoms with Crippen molar-refractivity contribution < 1.29 is 24.5 Å². The molecule has 0 saturated carbocycles. The molecule has 0 aliphatic carbocycles. The van der Waals surface area contributed by atoms with Gasteiger partial charge in [0.25, 0.3) is 0 Å². The molecule has 0 radical (unpaired) electrons. The molecule has 5 nitrogen and oxygen atoms in total. The van der Waals surface area contributed by atoms with Crippen molar-refractivity contribution in [2.45, 2.75) is 84.2 Å². The molecular formula is C14H28O5. The summed E-state index contributed by atoms with van der Waals surface area (Å²) >= 11 is 0. The monoisotopic (exact) mass is 276 g/mol. The summed E-state index contributed by atoms with van der Waals surface area (Å²) in [6.45, 7) is 8.75. The molecule has 0 saturated heterocycles. The van der Waals surface area contributed by atoms with Gasteiger partial charge in [-0.05, 0) is 33.6 Å². The summed E-state index contributed by atoms with van der Waals surface area (Å²) in [6, 6.07) is 0. The highest BCUT2D eigenvalue weighted by atomic mass is 16.7. The maximum absolute atomic E-state index is 11.7. The van der Waals surface area contributed by atoms with Crippen molar-refractivity contribution in [3.63, 3.8) is 0 Å². The predicted molar refractivity (Wildman–Crippen MR) is 72.9 cm³/mol. The molecule has 0 spiro atoms. The number of rotatable bonds is 8. The van der Waals surface area contributed by atoms with Gasteiger partial charge >= 0.3 is 6.16 Å². The highest BCUT2D eigenvalue weighted by Gasteiger charge is 2.33. The molecule has 0 aliphatic heterocycles. The maximum Gasteiger partial charge on any atom is 0.509 e. The van der Waals surface area contributed by atoms with Gasteiger partial charge in [-0.1, -0.05) is 26.7 Å². The van der Waals surface area contributed by atoms with Crippen molar-refractivity contribution in [1.82, 2.24) is 0 Å². The molecule has 3 atom stereocenters. The Hall–Kier alpha value is -0.810. The third-order valence-corrected chi connectivity index (χ3v) is 3.07. The van der Waals surface area contributed by atoms with Crippen LogP contribution in [0.15, 0.2) is 0 Å². The van der Waals surface area contributed by atoms with Crippen molar-refractivity contribution in [1.29, 1.82) is 0 Å². The van der Waals surface area contributed by atoms with E-state index in [0.29, 0.717) is 12.8 Å². The molecule has 3 unspecified atom stereocenters. The zero-order valence-electron chi connectivity index (χ0n) is 12.7. The molecule has 0 aliphatic rings. The van der Waals surface area contributed by atoms with E-state index in [-0.39, 0.29) is 0 Å². The Morgan fingerprint density at radius 2 is 1.68 bits per heavy atom. The lowest BCUT2D eigenvalue weighted by Gasteiger charge is -2.30. The van der Waals surface area contributed by atoms with Gasteiger partial charge in [-0.2, -0.15) is 0 Å². The minimum absolute atomic E-state index is 0.551. The SMILES string of the molecule is CCCC(OC(=O)OC(C)(C)C(O)CCC)C(C)O. The van der Waals surface area contributed by atoms with E-state index >= 15 is 0 Å². The molecule has 2 N–H and O–H groups in total. The summed E-state index contributed by atoms with van der Waals surface area (Å²) in [5, 5.41) is 19.4. The van der Waals surface area contributed by atoms with Crippen LogP contribution < -0.4 is 0 Å². The summed E-state index contributed by atoms with van der Waals surface area (Å²) in [4.78, 5) is 11.7. The molecule has 0 aromatic rings. The van der Waals surface area contributed by atoms with Gasteiger partial charge in [-0.15, -0.1) is 0 Å². The highest BCUT2D eigenvalue weighted by Crippen LogP contribution is 2.20. The average molecular weight is 276 g/mol. The van der Waals surface area contributed by atoms with E-state index in [4.69, 9.17) is 9.47 Å². The second kappa shape index (κ2) is 8.38. The second-order valence-corrected chi connectivity index (χ2v) is 5.45. The van der Waals surface area contributed by atoms with E-state index in [1.54, 1.807) is 20.8 Å². The van der Waals surface area contributed by atoms with Crippen molar-refractivity contribution in [3.05, 3.63) is 0 Å². The van der Waals surface area contributed by atoms with Gasteiger partial charge in [0.05, 0.1) is 12.2 Å². The third kappa shape index (κ3) is 6.78. The molecule has 0 aromatic heterocycles. The lowest BCUT2D eigenvalue weighted by atomic mass is 9.98. The van der Waals surface area contributed by atoms with Crippen LogP contribution in [0.1, 0.15) is 60.3 Å². The fraction of sp³-hybridized carbons (Fsp3) is 0.929. The number of hydrogen-bond donors (Lipinski definition) is 2. The van der Waals surface area contributed by atoms with Crippen molar-refractivity contribution in [3.8, 4) is 0 Å². The van der Waals surface area contributed by atoms with Crippen LogP contribution in [-0.4, -0.2) is 40.3 Å². The van der Waals surface area contributed by atoms with E-state index in [9.17, 15) is 15.0 Å². The van der Waals surface area contributed by atoms with E-state index in [2.05, 4.69) is 0 Å². The smallest absolute Gasteiger partial charge is 0.428 e. The normalized spacial score (nSPS) is 16.6. The summed E-state index contributed by atoms with van der Waals surface area (Å²) in [7, 11) is 0. The fourth-order valence-electron chi connectivity index (χ4n) is 1.73. The number of aliphatic hydroxyl groups excluding tert-OH is 2. The zero-order chi connectivity index (χ0) is 15.1. The Bertz CT molecular complexity index is 263. The first kappa shape index (κ1) is 18.2. The van der Waals surface area contributed by atoms with E-state index in [1.807, 2.05) is 13.8 Å². The Labute approximate surface area is 115 Å². The Morgan fingerprint density at radius 1 is 1.16 bits per heavy atom. The molecule has 0 rings (SSSR count). The first-order valence-electron chi connectivity index (χ1n) is 7.00. The summed E-state index contributed by atoms with van der Waals surface area (Å²) in [5.41, 5.74) is -0.997. The van der Waals surface area contributed by atoms with Gasteiger partial charge < -0.3 is 19.7 Å². The van der Waals surface area contributed by atoms with Gasteiger partial charge in [0.1, 0.15) is 11.7 Å². The lowest BCUT2D eigenvalue weighted by Crippen LogP contribution is -2.42. The van der Waals surface area contributed by atoms with E-state index in [1.165, 1.54) is 0 Å². The predicted octanol–water partition coefficient (Wildman–Crippen LogP) is 2.63. The topological polar surface area (TPSA) is 76.0 Å². The molecular weight excluding hydrogens is 248 g/mol. The van der Waals surface area contributed by atoms with Crippen LogP contribution in [0, 0.1) is 0 Å². The molecule has 114 valence electrons. The minimum atomic E-state index is -0.997. The molecule has 0 fully saturated rings. The van der Waals surface area contributed by atoms with Crippen molar-refractivity contribution >= 4 is 6.16 Å². The molecule has 0 aromatic carbocycles. The number of carbonyl (C=O) groups excluding carboxylic acids is 1. The van der Waals surface area contributed by atoms with E-state index in [0.717, 1.165) is 12.8 Å². The average Bonchev–Trinajstić information content (AvgIpc) is 2.27. The van der Waals surface area contributed by atoms with Crippen molar-refractivity contribution in [2.24, 2.45) is 0 Å². The van der Waals surface area contributed by atoms with Gasteiger partial charge in [0, 0.05) is 0 Å². The molecule has 0 bridgehead atoms. The van der Waals surface area contributed by atoms with Crippen LogP contribution >= 0.6 is 0 Å². The molecule has 0 heterocycles. The first-order valence-corrected chi connectivity index (χ1v) is 7.00. The van der Waals surface area contributed by atoms with Gasteiger partial charge in [-0.3, -0.25) is 0 Å². The van der Waals surface area contributed by atoms with Crippen LogP contribution in [-0.2, 0) is 9.47 Å². The number of aliphatic hydroxyl groups is 2. The number of carbonyl (C=O) groups is 1. The zero-order valence-corrected chi connectivity index (χ0v) is 12.7. The number of hydrogen-bond acceptors (Lipinski definition) is 5. The third-order valence-electron chi connectivity index (χ3n) is 3.07. The van der Waals surface area contributed by atoms with E-state index < -0.39 is 30.1 Å².